The van der Waals surface area contributed by atoms with E-state index in [-0.39, 0.29) is 6.04 Å². The fourth-order valence-corrected chi connectivity index (χ4v) is 3.98. The van der Waals surface area contributed by atoms with Crippen molar-refractivity contribution in [3.8, 4) is 0 Å². The van der Waals surface area contributed by atoms with Crippen molar-refractivity contribution in [3.05, 3.63) is 65.7 Å². The fourth-order valence-electron chi connectivity index (χ4n) is 3.98. The Kier molecular flexibility index (Phi) is 8.03. The van der Waals surface area contributed by atoms with Gasteiger partial charge in [0.05, 0.1) is 13.6 Å². The third-order valence-electron chi connectivity index (χ3n) is 6.02. The van der Waals surface area contributed by atoms with Crippen LogP contribution in [0.1, 0.15) is 17.2 Å². The Labute approximate surface area is 185 Å². The molecule has 3 rings (SSSR count). The van der Waals surface area contributed by atoms with E-state index in [2.05, 4.69) is 46.8 Å². The van der Waals surface area contributed by atoms with Gasteiger partial charge in [-0.05, 0) is 17.7 Å². The van der Waals surface area contributed by atoms with Crippen molar-refractivity contribution >= 4 is 17.5 Å². The smallest absolute Gasteiger partial charge is 0.309 e. The monoisotopic (exact) mass is 425 g/mol. The minimum absolute atomic E-state index is 0.121. The summed E-state index contributed by atoms with van der Waals surface area (Å²) in [6.07, 6.45) is 0. The van der Waals surface area contributed by atoms with Crippen LogP contribution in [0.3, 0.4) is 0 Å². The van der Waals surface area contributed by atoms with Gasteiger partial charge in [0, 0.05) is 31.9 Å². The van der Waals surface area contributed by atoms with Crippen molar-refractivity contribution in [1.29, 1.82) is 0 Å². The van der Waals surface area contributed by atoms with Crippen molar-refractivity contribution in [2.45, 2.75) is 12.6 Å². The number of nitrogens with zero attached hydrogens (tertiary/aromatic N) is 1. The molecule has 7 heteroatoms. The maximum atomic E-state index is 12.4. The lowest BCUT2D eigenvalue weighted by atomic mass is 10.0. The number of piperazine rings is 1. The molecule has 166 valence electrons. The molecule has 0 aliphatic carbocycles. The van der Waals surface area contributed by atoms with E-state index in [4.69, 9.17) is 0 Å². The molecule has 2 amide bonds. The summed E-state index contributed by atoms with van der Waals surface area (Å²) in [6.45, 7) is 5.08. The standard InChI is InChI=1S/C24H33N5O2/c1-27(2)21-11-9-20(10-12-21)22(29-15-13-28(3)14-16-29)18-26-24(31)23(30)25-17-19-7-5-4-6-8-19/h4-12,22H,13-18H2,1-3H3,(H,25,30)(H,26,31)/p+2/t22-/m1/s1. The average molecular weight is 426 g/mol. The number of hydrogen-bond acceptors (Lipinski definition) is 3. The van der Waals surface area contributed by atoms with E-state index in [0.29, 0.717) is 13.1 Å². The number of likely N-dealkylation sites (N-methyl/N-ethyl adjacent to an activating group) is 1. The Balaban J connectivity index is 1.62. The van der Waals surface area contributed by atoms with E-state index in [9.17, 15) is 9.59 Å². The van der Waals surface area contributed by atoms with Gasteiger partial charge in [-0.25, -0.2) is 0 Å². The van der Waals surface area contributed by atoms with Gasteiger partial charge < -0.3 is 25.3 Å². The molecule has 1 aliphatic heterocycles. The molecule has 0 bridgehead atoms. The zero-order valence-corrected chi connectivity index (χ0v) is 18.8. The minimum atomic E-state index is -0.594. The van der Waals surface area contributed by atoms with Crippen LogP contribution >= 0.6 is 0 Å². The van der Waals surface area contributed by atoms with Crippen LogP contribution in [0.25, 0.3) is 0 Å². The number of quaternary nitrogens is 2. The molecule has 4 N–H and O–H groups in total. The maximum Gasteiger partial charge on any atom is 0.309 e. The molecule has 2 aromatic carbocycles. The molecule has 0 spiro atoms. The summed E-state index contributed by atoms with van der Waals surface area (Å²) in [5, 5.41) is 5.58. The predicted octanol–water partition coefficient (Wildman–Crippen LogP) is -1.36. The molecule has 0 radical (unpaired) electrons. The topological polar surface area (TPSA) is 70.3 Å². The first-order valence-electron chi connectivity index (χ1n) is 11.0. The van der Waals surface area contributed by atoms with Gasteiger partial charge in [0.25, 0.3) is 0 Å². The van der Waals surface area contributed by atoms with Gasteiger partial charge in [-0.1, -0.05) is 42.5 Å². The highest BCUT2D eigenvalue weighted by Gasteiger charge is 2.30. The average Bonchev–Trinajstić information content (AvgIpc) is 2.79. The van der Waals surface area contributed by atoms with Crippen molar-refractivity contribution in [3.63, 3.8) is 0 Å². The van der Waals surface area contributed by atoms with Crippen LogP contribution in [0, 0.1) is 0 Å². The normalized spacial score (nSPS) is 19.3. The van der Waals surface area contributed by atoms with E-state index >= 15 is 0 Å². The van der Waals surface area contributed by atoms with Crippen LogP contribution in [-0.2, 0) is 16.1 Å². The van der Waals surface area contributed by atoms with Crippen molar-refractivity contribution in [2.75, 3.05) is 58.8 Å². The molecule has 1 aliphatic rings. The summed E-state index contributed by atoms with van der Waals surface area (Å²) < 4.78 is 0. The molecule has 1 atom stereocenters. The highest BCUT2D eigenvalue weighted by atomic mass is 16.2. The zero-order valence-electron chi connectivity index (χ0n) is 18.8. The number of anilines is 1. The number of carbonyl (C=O) groups excluding carboxylic acids is 2. The lowest BCUT2D eigenvalue weighted by molar-refractivity contribution is -1.02. The molecular formula is C24H35N5O2+2. The second-order valence-electron chi connectivity index (χ2n) is 8.53. The Morgan fingerprint density at radius 2 is 1.52 bits per heavy atom. The molecular weight excluding hydrogens is 390 g/mol. The fraction of sp³-hybridized carbons (Fsp3) is 0.417. The summed E-state index contributed by atoms with van der Waals surface area (Å²) in [4.78, 5) is 29.8. The van der Waals surface area contributed by atoms with Crippen LogP contribution < -0.4 is 25.3 Å². The lowest BCUT2D eigenvalue weighted by Gasteiger charge is -2.33. The van der Waals surface area contributed by atoms with Gasteiger partial charge in [-0.2, -0.15) is 0 Å². The summed E-state index contributed by atoms with van der Waals surface area (Å²) in [5.41, 5.74) is 3.29. The summed E-state index contributed by atoms with van der Waals surface area (Å²) in [5.74, 6) is -1.17. The SMILES string of the molecule is CN(C)c1ccc([C@@H](CNC(=O)C(=O)NCc2ccccc2)[NH+]2CC[NH+](C)CC2)cc1. The second-order valence-corrected chi connectivity index (χ2v) is 8.53. The molecule has 0 unspecified atom stereocenters. The van der Waals surface area contributed by atoms with E-state index < -0.39 is 11.8 Å². The van der Waals surface area contributed by atoms with Crippen LogP contribution in [0.4, 0.5) is 5.69 Å². The summed E-state index contributed by atoms with van der Waals surface area (Å²) >= 11 is 0. The number of nitrogens with one attached hydrogen (secondary N) is 4. The van der Waals surface area contributed by atoms with E-state index in [1.54, 1.807) is 0 Å². The first kappa shape index (κ1) is 22.8. The Morgan fingerprint density at radius 3 is 2.13 bits per heavy atom. The van der Waals surface area contributed by atoms with Crippen LogP contribution in [0.15, 0.2) is 54.6 Å². The quantitative estimate of drug-likeness (QED) is 0.414. The van der Waals surface area contributed by atoms with Crippen molar-refractivity contribution in [1.82, 2.24) is 10.6 Å². The molecule has 1 fully saturated rings. The van der Waals surface area contributed by atoms with E-state index in [1.807, 2.05) is 44.4 Å². The van der Waals surface area contributed by atoms with Gasteiger partial charge in [0.15, 0.2) is 0 Å². The molecule has 0 saturated carbocycles. The first-order valence-corrected chi connectivity index (χ1v) is 11.0. The van der Waals surface area contributed by atoms with Gasteiger partial charge in [0.2, 0.25) is 0 Å². The maximum absolute atomic E-state index is 12.4. The third kappa shape index (κ3) is 6.54. The van der Waals surface area contributed by atoms with Gasteiger partial charge in [-0.3, -0.25) is 9.59 Å². The van der Waals surface area contributed by atoms with Crippen molar-refractivity contribution < 1.29 is 19.4 Å². The summed E-state index contributed by atoms with van der Waals surface area (Å²) in [7, 11) is 6.26. The minimum Gasteiger partial charge on any atom is -0.378 e. The van der Waals surface area contributed by atoms with Crippen molar-refractivity contribution in [2.24, 2.45) is 0 Å². The summed E-state index contributed by atoms with van der Waals surface area (Å²) in [6, 6.07) is 18.2. The number of hydrogen-bond donors (Lipinski definition) is 4. The largest absolute Gasteiger partial charge is 0.378 e. The second kappa shape index (κ2) is 10.9. The van der Waals surface area contributed by atoms with Crippen LogP contribution in [0.2, 0.25) is 0 Å². The molecule has 31 heavy (non-hydrogen) atoms. The highest BCUT2D eigenvalue weighted by Crippen LogP contribution is 2.16. The Hall–Kier alpha value is -2.90. The van der Waals surface area contributed by atoms with E-state index in [0.717, 1.165) is 37.4 Å². The Bertz CT molecular complexity index is 846. The lowest BCUT2D eigenvalue weighted by Crippen LogP contribution is -3.27. The first-order chi connectivity index (χ1) is 14.9. The van der Waals surface area contributed by atoms with Crippen LogP contribution in [-0.4, -0.2) is 65.7 Å². The molecule has 1 saturated heterocycles. The third-order valence-corrected chi connectivity index (χ3v) is 6.02. The molecule has 2 aromatic rings. The zero-order chi connectivity index (χ0) is 22.2. The van der Waals surface area contributed by atoms with Gasteiger partial charge >= 0.3 is 11.8 Å². The predicted molar refractivity (Wildman–Crippen MR) is 122 cm³/mol. The molecule has 7 nitrogen and oxygen atoms in total. The van der Waals surface area contributed by atoms with Crippen LogP contribution in [0.5, 0.6) is 0 Å². The Morgan fingerprint density at radius 1 is 0.903 bits per heavy atom. The molecule has 0 aromatic heterocycles. The van der Waals surface area contributed by atoms with E-state index in [1.165, 1.54) is 15.4 Å². The molecule has 1 heterocycles. The number of benzene rings is 2. The number of rotatable bonds is 7. The highest BCUT2D eigenvalue weighted by molar-refractivity contribution is 6.35. The van der Waals surface area contributed by atoms with Gasteiger partial charge in [-0.15, -0.1) is 0 Å². The number of carbonyl (C=O) groups is 2. The number of amides is 2. The van der Waals surface area contributed by atoms with Gasteiger partial charge in [0.1, 0.15) is 32.2 Å².